The molecule has 10 nitrogen and oxygen atoms in total. The van der Waals surface area contributed by atoms with Crippen LogP contribution in [0, 0.1) is 15.5 Å². The quantitative estimate of drug-likeness (QED) is 0.347. The molecule has 0 saturated carbocycles. The molecular formula is C24H37BN2O8. The molecule has 1 aromatic carbocycles. The lowest BCUT2D eigenvalue weighted by molar-refractivity contribution is -0.385. The number of hydrogen-bond donors (Lipinski definition) is 2. The fraction of sp³-hybridized carbons (Fsp3) is 0.667. The van der Waals surface area contributed by atoms with Crippen LogP contribution in [0.1, 0.15) is 74.8 Å². The summed E-state index contributed by atoms with van der Waals surface area (Å²) in [5, 5.41) is 24.8. The number of carbonyl (C=O) groups is 2. The van der Waals surface area contributed by atoms with Gasteiger partial charge in [-0.1, -0.05) is 32.9 Å². The third-order valence-corrected chi connectivity index (χ3v) is 6.65. The van der Waals surface area contributed by atoms with Crippen molar-refractivity contribution in [1.29, 1.82) is 0 Å². The van der Waals surface area contributed by atoms with Crippen LogP contribution in [0.2, 0.25) is 0 Å². The number of nitro benzene ring substituents is 1. The number of nitrogens with one attached hydrogen (secondary N) is 1. The minimum absolute atomic E-state index is 0.142. The predicted molar refractivity (Wildman–Crippen MR) is 132 cm³/mol. The van der Waals surface area contributed by atoms with Crippen molar-refractivity contribution in [3.63, 3.8) is 0 Å². The van der Waals surface area contributed by atoms with Crippen molar-refractivity contribution in [1.82, 2.24) is 5.32 Å². The molecule has 1 aromatic rings. The predicted octanol–water partition coefficient (Wildman–Crippen LogP) is 3.83. The van der Waals surface area contributed by atoms with Gasteiger partial charge >= 0.3 is 19.2 Å². The Labute approximate surface area is 207 Å². The third-order valence-electron chi connectivity index (χ3n) is 6.65. The van der Waals surface area contributed by atoms with Crippen LogP contribution >= 0.6 is 0 Å². The Morgan fingerprint density at radius 2 is 1.60 bits per heavy atom. The van der Waals surface area contributed by atoms with Gasteiger partial charge in [0.15, 0.2) is 0 Å². The van der Waals surface area contributed by atoms with Gasteiger partial charge in [-0.2, -0.15) is 0 Å². The molecule has 0 aromatic heterocycles. The van der Waals surface area contributed by atoms with E-state index < -0.39 is 51.9 Å². The Morgan fingerprint density at radius 1 is 1.09 bits per heavy atom. The number of carboxylic acid groups (broad SMARTS) is 1. The molecule has 0 aliphatic carbocycles. The van der Waals surface area contributed by atoms with Crippen molar-refractivity contribution >= 4 is 30.3 Å². The monoisotopic (exact) mass is 492 g/mol. The van der Waals surface area contributed by atoms with E-state index in [0.29, 0.717) is 5.46 Å². The molecule has 1 fully saturated rings. The number of carbonyl (C=O) groups excluding carboxylic acids is 1. The average Bonchev–Trinajstić information content (AvgIpc) is 2.85. The molecule has 1 aliphatic rings. The van der Waals surface area contributed by atoms with E-state index in [1.165, 1.54) is 12.1 Å². The third kappa shape index (κ3) is 5.95. The van der Waals surface area contributed by atoms with Crippen molar-refractivity contribution in [2.75, 3.05) is 0 Å². The van der Waals surface area contributed by atoms with E-state index in [-0.39, 0.29) is 17.7 Å². The highest BCUT2D eigenvalue weighted by Gasteiger charge is 2.53. The summed E-state index contributed by atoms with van der Waals surface area (Å²) in [5.74, 6) is -1.33. The normalized spacial score (nSPS) is 19.1. The lowest BCUT2D eigenvalue weighted by Gasteiger charge is -2.41. The van der Waals surface area contributed by atoms with E-state index in [9.17, 15) is 24.8 Å². The first kappa shape index (κ1) is 28.6. The van der Waals surface area contributed by atoms with Gasteiger partial charge in [-0.15, -0.1) is 0 Å². The molecule has 1 unspecified atom stereocenters. The highest BCUT2D eigenvalue weighted by Crippen LogP contribution is 2.38. The number of nitro groups is 1. The average molecular weight is 492 g/mol. The van der Waals surface area contributed by atoms with Gasteiger partial charge in [0.25, 0.3) is 5.69 Å². The van der Waals surface area contributed by atoms with E-state index in [4.69, 9.17) is 14.0 Å². The summed E-state index contributed by atoms with van der Waals surface area (Å²) >= 11 is 0. The topological polar surface area (TPSA) is 137 Å². The van der Waals surface area contributed by atoms with E-state index in [1.54, 1.807) is 47.6 Å². The molecule has 1 amide bonds. The summed E-state index contributed by atoms with van der Waals surface area (Å²) in [7, 11) is -0.820. The van der Waals surface area contributed by atoms with Crippen LogP contribution in [0.5, 0.6) is 0 Å². The molecule has 194 valence electrons. The maximum absolute atomic E-state index is 12.6. The second kappa shape index (κ2) is 9.09. The number of aliphatic carboxylic acids is 1. The molecular weight excluding hydrogens is 455 g/mol. The Balaban J connectivity index is 2.53. The van der Waals surface area contributed by atoms with Gasteiger partial charge in [0, 0.05) is 18.1 Å². The van der Waals surface area contributed by atoms with Crippen molar-refractivity contribution in [3.05, 3.63) is 33.9 Å². The largest absolute Gasteiger partial charge is 0.495 e. The summed E-state index contributed by atoms with van der Waals surface area (Å²) < 4.78 is 17.3. The molecule has 2 rings (SSSR count). The highest BCUT2D eigenvalue weighted by molar-refractivity contribution is 6.62. The number of alkyl carbamates (subject to hydrolysis) is 1. The number of rotatable bonds is 6. The van der Waals surface area contributed by atoms with Gasteiger partial charge in [0.1, 0.15) is 11.1 Å². The maximum Gasteiger partial charge on any atom is 0.495 e. The Hall–Kier alpha value is -2.66. The number of benzene rings is 1. The van der Waals surface area contributed by atoms with Crippen LogP contribution in [-0.2, 0) is 25.3 Å². The number of ether oxygens (including phenoxy) is 1. The van der Waals surface area contributed by atoms with Gasteiger partial charge in [-0.25, -0.2) is 9.59 Å². The van der Waals surface area contributed by atoms with Crippen molar-refractivity contribution in [2.45, 2.75) is 98.0 Å². The van der Waals surface area contributed by atoms with Gasteiger partial charge in [-0.05, 0) is 59.3 Å². The fourth-order valence-corrected chi connectivity index (χ4v) is 3.74. The van der Waals surface area contributed by atoms with Crippen molar-refractivity contribution < 1.29 is 33.7 Å². The van der Waals surface area contributed by atoms with E-state index in [1.807, 2.05) is 27.7 Å². The summed E-state index contributed by atoms with van der Waals surface area (Å²) in [6, 6.07) is 4.44. The molecule has 11 heteroatoms. The molecule has 0 spiro atoms. The first-order valence-electron chi connectivity index (χ1n) is 11.5. The van der Waals surface area contributed by atoms with Crippen molar-refractivity contribution in [2.24, 2.45) is 5.41 Å². The minimum Gasteiger partial charge on any atom is -0.479 e. The second-order valence-corrected chi connectivity index (χ2v) is 12.0. The molecule has 1 saturated heterocycles. The van der Waals surface area contributed by atoms with Gasteiger partial charge in [0.2, 0.25) is 0 Å². The van der Waals surface area contributed by atoms with E-state index in [2.05, 4.69) is 5.32 Å². The first-order chi connectivity index (χ1) is 15.6. The number of hydrogen-bond acceptors (Lipinski definition) is 7. The molecule has 1 heterocycles. The van der Waals surface area contributed by atoms with Crippen LogP contribution in [0.25, 0.3) is 0 Å². The Morgan fingerprint density at radius 3 is 2.00 bits per heavy atom. The number of nitrogens with zero attached hydrogens (tertiary/aromatic N) is 1. The van der Waals surface area contributed by atoms with E-state index in [0.717, 1.165) is 0 Å². The molecule has 2 N–H and O–H groups in total. The SMILES string of the molecule is CC(C)(C)OC(=O)NC(Cc1ccc(B2OC(C)(C)C(C)(C)O2)cc1[N+](=O)[O-])(C(=O)O)C(C)(C)C. The number of amides is 1. The summed E-state index contributed by atoms with van der Waals surface area (Å²) in [6.07, 6.45) is -1.27. The highest BCUT2D eigenvalue weighted by atomic mass is 16.7. The smallest absolute Gasteiger partial charge is 0.479 e. The minimum atomic E-state index is -1.90. The summed E-state index contributed by atoms with van der Waals surface area (Å²) in [4.78, 5) is 36.7. The van der Waals surface area contributed by atoms with Crippen LogP contribution < -0.4 is 10.8 Å². The zero-order valence-corrected chi connectivity index (χ0v) is 22.3. The van der Waals surface area contributed by atoms with Crippen molar-refractivity contribution in [3.8, 4) is 0 Å². The van der Waals surface area contributed by atoms with Crippen LogP contribution in [0.3, 0.4) is 0 Å². The second-order valence-electron chi connectivity index (χ2n) is 12.0. The van der Waals surface area contributed by atoms with Crippen LogP contribution in [0.4, 0.5) is 10.5 Å². The molecule has 0 bridgehead atoms. The maximum atomic E-state index is 12.6. The molecule has 35 heavy (non-hydrogen) atoms. The molecule has 1 atom stereocenters. The lowest BCUT2D eigenvalue weighted by Crippen LogP contribution is -2.64. The van der Waals surface area contributed by atoms with Crippen LogP contribution in [0.15, 0.2) is 18.2 Å². The Kier molecular flexibility index (Phi) is 7.42. The first-order valence-corrected chi connectivity index (χ1v) is 11.5. The summed E-state index contributed by atoms with van der Waals surface area (Å²) in [5.41, 5.74) is -4.76. The zero-order valence-electron chi connectivity index (χ0n) is 22.3. The van der Waals surface area contributed by atoms with Gasteiger partial charge in [-0.3, -0.25) is 10.1 Å². The number of carboxylic acids is 1. The van der Waals surface area contributed by atoms with Gasteiger partial charge < -0.3 is 24.5 Å². The molecule has 0 radical (unpaired) electrons. The zero-order chi connectivity index (χ0) is 27.2. The standard InChI is InChI=1S/C24H37BN2O8/c1-20(2,3)24(18(28)29,26-19(30)33-21(4,5)6)14-15-11-12-16(13-17(15)27(31)32)25-34-22(7,8)23(9,10)35-25/h11-13H,14H2,1-10H3,(H,26,30)(H,28,29). The lowest BCUT2D eigenvalue weighted by atomic mass is 9.69. The van der Waals surface area contributed by atoms with Crippen LogP contribution in [-0.4, -0.2) is 51.6 Å². The Bertz CT molecular complexity index is 994. The molecule has 1 aliphatic heterocycles. The fourth-order valence-electron chi connectivity index (χ4n) is 3.74. The van der Waals surface area contributed by atoms with E-state index >= 15 is 0 Å². The van der Waals surface area contributed by atoms with Gasteiger partial charge in [0.05, 0.1) is 16.1 Å². The summed E-state index contributed by atoms with van der Waals surface area (Å²) in [6.45, 7) is 17.4.